The Bertz CT molecular complexity index is 309. The van der Waals surface area contributed by atoms with Gasteiger partial charge in [-0.05, 0) is 19.3 Å². The summed E-state index contributed by atoms with van der Waals surface area (Å²) < 4.78 is 0. The number of aryl methyl sites for hydroxylation is 1. The fourth-order valence-electron chi connectivity index (χ4n) is 1.28. The molecule has 0 amide bonds. The first-order valence-corrected chi connectivity index (χ1v) is 5.39. The molecule has 0 radical (unpaired) electrons. The van der Waals surface area contributed by atoms with E-state index in [-0.39, 0.29) is 0 Å². The number of nitrogens with one attached hydrogen (secondary N) is 2. The van der Waals surface area contributed by atoms with Crippen molar-refractivity contribution in [2.24, 2.45) is 5.92 Å². The van der Waals surface area contributed by atoms with Crippen LogP contribution in [0.15, 0.2) is 6.07 Å². The highest BCUT2D eigenvalue weighted by Gasteiger charge is 2.00. The largest absolute Gasteiger partial charge is 0.373 e. The summed E-state index contributed by atoms with van der Waals surface area (Å²) in [5.74, 6) is 3.25. The lowest BCUT2D eigenvalue weighted by Gasteiger charge is -2.09. The van der Waals surface area contributed by atoms with Gasteiger partial charge < -0.3 is 10.6 Å². The Labute approximate surface area is 91.5 Å². The van der Waals surface area contributed by atoms with Gasteiger partial charge in [0.2, 0.25) is 0 Å². The summed E-state index contributed by atoms with van der Waals surface area (Å²) in [6.45, 7) is 7.28. The van der Waals surface area contributed by atoms with Gasteiger partial charge in [0.15, 0.2) is 0 Å². The Morgan fingerprint density at radius 2 is 1.93 bits per heavy atom. The Morgan fingerprint density at radius 1 is 1.27 bits per heavy atom. The molecule has 4 heteroatoms. The maximum atomic E-state index is 4.32. The molecular weight excluding hydrogens is 188 g/mol. The van der Waals surface area contributed by atoms with E-state index in [9.17, 15) is 0 Å². The zero-order valence-electron chi connectivity index (χ0n) is 9.96. The van der Waals surface area contributed by atoms with E-state index in [2.05, 4.69) is 34.4 Å². The lowest BCUT2D eigenvalue weighted by molar-refractivity contribution is 0.606. The van der Waals surface area contributed by atoms with Crippen LogP contribution in [0.5, 0.6) is 0 Å². The summed E-state index contributed by atoms with van der Waals surface area (Å²) in [5.41, 5.74) is 0. The average molecular weight is 208 g/mol. The molecule has 0 saturated carbocycles. The number of nitrogens with zero attached hydrogens (tertiary/aromatic N) is 2. The lowest BCUT2D eigenvalue weighted by Crippen LogP contribution is -2.08. The molecule has 0 bridgehead atoms. The van der Waals surface area contributed by atoms with Crippen LogP contribution < -0.4 is 10.6 Å². The lowest BCUT2D eigenvalue weighted by atomic mass is 10.1. The summed E-state index contributed by atoms with van der Waals surface area (Å²) in [6, 6.07) is 1.92. The van der Waals surface area contributed by atoms with E-state index in [1.807, 2.05) is 20.0 Å². The molecule has 1 aromatic heterocycles. The van der Waals surface area contributed by atoms with Crippen LogP contribution >= 0.6 is 0 Å². The minimum absolute atomic E-state index is 0.712. The Hall–Kier alpha value is -1.32. The molecule has 1 aromatic rings. The van der Waals surface area contributed by atoms with Crippen LogP contribution in [0.1, 0.15) is 26.1 Å². The van der Waals surface area contributed by atoms with E-state index in [1.54, 1.807) is 0 Å². The maximum Gasteiger partial charge on any atom is 0.131 e. The van der Waals surface area contributed by atoms with Crippen molar-refractivity contribution in [2.45, 2.75) is 27.2 Å². The van der Waals surface area contributed by atoms with Crippen molar-refractivity contribution in [2.75, 3.05) is 24.2 Å². The zero-order chi connectivity index (χ0) is 11.3. The van der Waals surface area contributed by atoms with Crippen molar-refractivity contribution in [3.63, 3.8) is 0 Å². The Kier molecular flexibility index (Phi) is 4.34. The van der Waals surface area contributed by atoms with Crippen molar-refractivity contribution in [3.8, 4) is 0 Å². The van der Waals surface area contributed by atoms with Gasteiger partial charge in [-0.25, -0.2) is 9.97 Å². The van der Waals surface area contributed by atoms with E-state index in [0.717, 1.165) is 30.4 Å². The van der Waals surface area contributed by atoms with Crippen molar-refractivity contribution in [3.05, 3.63) is 11.9 Å². The third-order valence-electron chi connectivity index (χ3n) is 2.12. The van der Waals surface area contributed by atoms with Gasteiger partial charge in [0.05, 0.1) is 0 Å². The fourth-order valence-corrected chi connectivity index (χ4v) is 1.28. The molecule has 1 rings (SSSR count). The van der Waals surface area contributed by atoms with Gasteiger partial charge in [0.25, 0.3) is 0 Å². The highest BCUT2D eigenvalue weighted by molar-refractivity contribution is 5.46. The van der Waals surface area contributed by atoms with E-state index in [4.69, 9.17) is 0 Å². The second-order valence-corrected chi connectivity index (χ2v) is 4.04. The molecule has 0 aliphatic heterocycles. The van der Waals surface area contributed by atoms with Crippen LogP contribution in [0.4, 0.5) is 11.6 Å². The second kappa shape index (κ2) is 5.53. The monoisotopic (exact) mass is 208 g/mol. The maximum absolute atomic E-state index is 4.32. The highest BCUT2D eigenvalue weighted by Crippen LogP contribution is 2.10. The second-order valence-electron chi connectivity index (χ2n) is 4.04. The molecule has 0 saturated heterocycles. The molecule has 84 valence electrons. The van der Waals surface area contributed by atoms with Gasteiger partial charge >= 0.3 is 0 Å². The van der Waals surface area contributed by atoms with Crippen molar-refractivity contribution >= 4 is 11.6 Å². The Balaban J connectivity index is 2.56. The minimum Gasteiger partial charge on any atom is -0.373 e. The van der Waals surface area contributed by atoms with Gasteiger partial charge in [-0.3, -0.25) is 0 Å². The summed E-state index contributed by atoms with van der Waals surface area (Å²) in [7, 11) is 1.86. The predicted molar refractivity (Wildman–Crippen MR) is 64.3 cm³/mol. The van der Waals surface area contributed by atoms with Gasteiger partial charge in [-0.2, -0.15) is 0 Å². The van der Waals surface area contributed by atoms with E-state index < -0.39 is 0 Å². The number of aromatic nitrogens is 2. The molecule has 0 aromatic carbocycles. The number of rotatable bonds is 5. The van der Waals surface area contributed by atoms with Gasteiger partial charge in [0, 0.05) is 19.7 Å². The number of hydrogen-bond donors (Lipinski definition) is 2. The summed E-state index contributed by atoms with van der Waals surface area (Å²) in [6.07, 6.45) is 1.15. The molecule has 0 aliphatic rings. The van der Waals surface area contributed by atoms with Crippen LogP contribution in [-0.4, -0.2) is 23.6 Å². The number of anilines is 2. The highest BCUT2D eigenvalue weighted by atomic mass is 15.1. The Morgan fingerprint density at radius 3 is 2.53 bits per heavy atom. The summed E-state index contributed by atoms with van der Waals surface area (Å²) in [4.78, 5) is 8.55. The molecule has 1 heterocycles. The molecule has 0 aliphatic carbocycles. The molecule has 15 heavy (non-hydrogen) atoms. The number of hydrogen-bond acceptors (Lipinski definition) is 4. The van der Waals surface area contributed by atoms with E-state index in [1.165, 1.54) is 0 Å². The normalized spacial score (nSPS) is 10.5. The minimum atomic E-state index is 0.712. The first-order valence-electron chi connectivity index (χ1n) is 5.39. The van der Waals surface area contributed by atoms with E-state index in [0.29, 0.717) is 5.92 Å². The van der Waals surface area contributed by atoms with Crippen LogP contribution in [0.3, 0.4) is 0 Å². The van der Waals surface area contributed by atoms with Crippen molar-refractivity contribution in [1.82, 2.24) is 9.97 Å². The van der Waals surface area contributed by atoms with Crippen LogP contribution in [0.2, 0.25) is 0 Å². The topological polar surface area (TPSA) is 49.8 Å². The van der Waals surface area contributed by atoms with Crippen LogP contribution in [-0.2, 0) is 0 Å². The average Bonchev–Trinajstić information content (AvgIpc) is 2.16. The first kappa shape index (κ1) is 11.8. The SMILES string of the molecule is CNc1cc(NCCC(C)C)nc(C)n1. The standard InChI is InChI=1S/C11H20N4/c1-8(2)5-6-13-11-7-10(12-4)14-9(3)15-11/h7-8H,5-6H2,1-4H3,(H2,12,13,14,15). The molecule has 0 fully saturated rings. The molecule has 0 atom stereocenters. The fraction of sp³-hybridized carbons (Fsp3) is 0.636. The quantitative estimate of drug-likeness (QED) is 0.779. The van der Waals surface area contributed by atoms with Gasteiger partial charge in [-0.1, -0.05) is 13.8 Å². The zero-order valence-corrected chi connectivity index (χ0v) is 9.96. The van der Waals surface area contributed by atoms with Crippen LogP contribution in [0.25, 0.3) is 0 Å². The molecule has 4 nitrogen and oxygen atoms in total. The smallest absolute Gasteiger partial charge is 0.131 e. The predicted octanol–water partition coefficient (Wildman–Crippen LogP) is 2.28. The van der Waals surface area contributed by atoms with Crippen molar-refractivity contribution in [1.29, 1.82) is 0 Å². The third-order valence-corrected chi connectivity index (χ3v) is 2.12. The molecule has 2 N–H and O–H groups in total. The summed E-state index contributed by atoms with van der Waals surface area (Å²) >= 11 is 0. The third kappa shape index (κ3) is 4.14. The summed E-state index contributed by atoms with van der Waals surface area (Å²) in [5, 5.41) is 6.32. The van der Waals surface area contributed by atoms with Crippen LogP contribution in [0, 0.1) is 12.8 Å². The van der Waals surface area contributed by atoms with Gasteiger partial charge in [-0.15, -0.1) is 0 Å². The molecule has 0 spiro atoms. The van der Waals surface area contributed by atoms with Gasteiger partial charge in [0.1, 0.15) is 17.5 Å². The van der Waals surface area contributed by atoms with E-state index >= 15 is 0 Å². The molecular formula is C11H20N4. The first-order chi connectivity index (χ1) is 7.11. The molecule has 0 unspecified atom stereocenters. The van der Waals surface area contributed by atoms with Crippen molar-refractivity contribution < 1.29 is 0 Å².